The second kappa shape index (κ2) is 10.7. The van der Waals surface area contributed by atoms with E-state index in [2.05, 4.69) is 69.2 Å². The van der Waals surface area contributed by atoms with Gasteiger partial charge in [0.25, 0.3) is 0 Å². The molecule has 10 nitrogen and oxygen atoms in total. The Morgan fingerprint density at radius 3 is 2.77 bits per heavy atom. The summed E-state index contributed by atoms with van der Waals surface area (Å²) in [5, 5.41) is 11.7. The van der Waals surface area contributed by atoms with Gasteiger partial charge in [-0.05, 0) is 69.0 Å². The van der Waals surface area contributed by atoms with Crippen molar-refractivity contribution in [3.05, 3.63) is 24.8 Å². The molecule has 0 bridgehead atoms. The Morgan fingerprint density at radius 1 is 1.38 bits per heavy atom. The van der Waals surface area contributed by atoms with E-state index in [0.29, 0.717) is 17.1 Å². The Labute approximate surface area is 246 Å². The molecule has 3 aliphatic rings. The van der Waals surface area contributed by atoms with E-state index in [1.165, 1.54) is 11.9 Å². The fourth-order valence-electron chi connectivity index (χ4n) is 5.36. The first-order valence-electron chi connectivity index (χ1n) is 13.8. The standard InChI is InChI=1S/C26H42N5O5PS2Si/c1-15(2)16-9-10-26(6)18(11-16)35-37(38,39-26)36-21-17(12-33-40(7,8)25(3,4)5)34-24(20(21)32)31-14-30-19-22(27)28-13-29-23(19)31/h13-14,16-18,20-21,24,32H,1,9-12H2,2-8H3,(H2,27,28,29)/t16-,17-,18+,20-,21-,24-,26+,37?/m1/s1. The summed E-state index contributed by atoms with van der Waals surface area (Å²) in [6.45, 7) is 19.7. The molecule has 0 radical (unpaired) electrons. The molecule has 1 saturated carbocycles. The van der Waals surface area contributed by atoms with Crippen molar-refractivity contribution in [3.8, 4) is 0 Å². The largest absolute Gasteiger partial charge is 0.414 e. The van der Waals surface area contributed by atoms with E-state index in [4.69, 9.17) is 35.8 Å². The molecule has 40 heavy (non-hydrogen) atoms. The van der Waals surface area contributed by atoms with Crippen LogP contribution in [0, 0.1) is 5.92 Å². The van der Waals surface area contributed by atoms with Gasteiger partial charge in [-0.2, -0.15) is 0 Å². The van der Waals surface area contributed by atoms with E-state index in [1.54, 1.807) is 22.3 Å². The van der Waals surface area contributed by atoms with E-state index in [9.17, 15) is 5.11 Å². The van der Waals surface area contributed by atoms with Crippen LogP contribution in [0.15, 0.2) is 24.8 Å². The maximum absolute atomic E-state index is 11.7. The zero-order chi connectivity index (χ0) is 29.3. The van der Waals surface area contributed by atoms with Crippen molar-refractivity contribution in [2.75, 3.05) is 12.3 Å². The lowest BCUT2D eigenvalue weighted by Gasteiger charge is -2.37. The Balaban J connectivity index is 1.42. The smallest absolute Gasteiger partial charge is 0.248 e. The van der Waals surface area contributed by atoms with Crippen LogP contribution in [0.2, 0.25) is 18.1 Å². The quantitative estimate of drug-likeness (QED) is 0.227. The molecule has 2 aliphatic heterocycles. The Kier molecular flexibility index (Phi) is 8.16. The minimum atomic E-state index is -2.81. The first-order chi connectivity index (χ1) is 18.5. The summed E-state index contributed by atoms with van der Waals surface area (Å²) < 4.78 is 27.8. The normalized spacial score (nSPS) is 36.7. The van der Waals surface area contributed by atoms with E-state index < -0.39 is 38.6 Å². The highest BCUT2D eigenvalue weighted by atomic mass is 32.9. The number of allylic oxidation sites excluding steroid dienone is 1. The summed E-state index contributed by atoms with van der Waals surface area (Å²) in [4.78, 5) is 12.7. The number of hydrogen-bond acceptors (Lipinski definition) is 11. The van der Waals surface area contributed by atoms with Gasteiger partial charge < -0.3 is 29.1 Å². The average Bonchev–Trinajstić information content (AvgIpc) is 3.48. The minimum absolute atomic E-state index is 0.00966. The minimum Gasteiger partial charge on any atom is -0.414 e. The second-order valence-corrected chi connectivity index (χ2v) is 24.4. The third-order valence-corrected chi connectivity index (χ3v) is 19.3. The molecule has 0 aromatic carbocycles. The Morgan fingerprint density at radius 2 is 2.10 bits per heavy atom. The van der Waals surface area contributed by atoms with Gasteiger partial charge in [0, 0.05) is 4.75 Å². The van der Waals surface area contributed by atoms with Crippen molar-refractivity contribution < 1.29 is 23.3 Å². The van der Waals surface area contributed by atoms with Gasteiger partial charge in [0.05, 0.1) is 19.0 Å². The van der Waals surface area contributed by atoms with Crippen molar-refractivity contribution in [3.63, 3.8) is 0 Å². The molecule has 5 rings (SSSR count). The van der Waals surface area contributed by atoms with Crippen molar-refractivity contribution in [2.24, 2.45) is 5.92 Å². The van der Waals surface area contributed by atoms with E-state index >= 15 is 0 Å². The summed E-state index contributed by atoms with van der Waals surface area (Å²) in [6.07, 6.45) is 2.61. The van der Waals surface area contributed by atoms with E-state index in [1.807, 2.05) is 0 Å². The molecule has 8 atom stereocenters. The zero-order valence-corrected chi connectivity index (χ0v) is 27.9. The highest BCUT2D eigenvalue weighted by molar-refractivity contribution is 8.68. The maximum atomic E-state index is 11.7. The molecule has 1 aliphatic carbocycles. The number of nitrogen functional groups attached to an aromatic ring is 1. The van der Waals surface area contributed by atoms with Gasteiger partial charge in [-0.1, -0.05) is 44.3 Å². The lowest BCUT2D eigenvalue weighted by atomic mass is 9.77. The van der Waals surface area contributed by atoms with Gasteiger partial charge in [-0.3, -0.25) is 4.57 Å². The molecule has 222 valence electrons. The highest BCUT2D eigenvalue weighted by Crippen LogP contribution is 2.76. The molecule has 2 saturated heterocycles. The van der Waals surface area contributed by atoms with Crippen molar-refractivity contribution in [1.82, 2.24) is 19.5 Å². The molecule has 0 amide bonds. The van der Waals surface area contributed by atoms with Crippen LogP contribution in [-0.2, 0) is 30.0 Å². The Hall–Kier alpha value is -0.893. The molecular formula is C26H42N5O5PS2Si. The molecule has 2 aromatic rings. The molecule has 4 heterocycles. The number of ether oxygens (including phenoxy) is 1. The summed E-state index contributed by atoms with van der Waals surface area (Å²) in [5.41, 5.74) is 5.30. The first-order valence-corrected chi connectivity index (χ1v) is 20.7. The van der Waals surface area contributed by atoms with Gasteiger partial charge in [-0.25, -0.2) is 15.0 Å². The predicted molar refractivity (Wildman–Crippen MR) is 165 cm³/mol. The number of imidazole rings is 1. The first kappa shape index (κ1) is 30.6. The summed E-state index contributed by atoms with van der Waals surface area (Å²) in [5.74, 6) is 0.677. The number of rotatable bonds is 7. The average molecular weight is 628 g/mol. The number of nitrogens with two attached hydrogens (primary N) is 1. The van der Waals surface area contributed by atoms with Crippen LogP contribution < -0.4 is 5.73 Å². The van der Waals surface area contributed by atoms with Gasteiger partial charge in [0.2, 0.25) is 5.69 Å². The van der Waals surface area contributed by atoms with Crippen LogP contribution in [0.3, 0.4) is 0 Å². The second-order valence-electron chi connectivity index (χ2n) is 13.0. The van der Waals surface area contributed by atoms with Crippen LogP contribution in [0.5, 0.6) is 0 Å². The predicted octanol–water partition coefficient (Wildman–Crippen LogP) is 5.57. The van der Waals surface area contributed by atoms with Crippen molar-refractivity contribution in [1.29, 1.82) is 0 Å². The molecule has 1 unspecified atom stereocenters. The van der Waals surface area contributed by atoms with Crippen LogP contribution >= 0.6 is 17.1 Å². The summed E-state index contributed by atoms with van der Waals surface area (Å²) in [7, 11) is -2.12. The third-order valence-electron chi connectivity index (χ3n) is 9.08. The number of hydrogen-bond donors (Lipinski definition) is 2. The number of fused-ring (bicyclic) bond motifs is 2. The number of nitrogens with zero attached hydrogens (tertiary/aromatic N) is 4. The molecule has 3 N–H and O–H groups in total. The molecular weight excluding hydrogens is 586 g/mol. The third kappa shape index (κ3) is 5.58. The van der Waals surface area contributed by atoms with E-state index in [-0.39, 0.29) is 28.3 Å². The Bertz CT molecular complexity index is 1340. The van der Waals surface area contributed by atoms with Gasteiger partial charge in [0.15, 0.2) is 26.0 Å². The van der Waals surface area contributed by atoms with Crippen LogP contribution in [-0.4, -0.2) is 68.7 Å². The van der Waals surface area contributed by atoms with Gasteiger partial charge in [0.1, 0.15) is 30.2 Å². The van der Waals surface area contributed by atoms with Gasteiger partial charge >= 0.3 is 0 Å². The number of anilines is 1. The highest BCUT2D eigenvalue weighted by Gasteiger charge is 2.57. The van der Waals surface area contributed by atoms with Crippen LogP contribution in [0.4, 0.5) is 5.82 Å². The van der Waals surface area contributed by atoms with Crippen molar-refractivity contribution in [2.45, 2.75) is 107 Å². The topological polar surface area (TPSA) is 127 Å². The van der Waals surface area contributed by atoms with Crippen LogP contribution in [0.1, 0.15) is 60.1 Å². The van der Waals surface area contributed by atoms with Crippen molar-refractivity contribution >= 4 is 54.2 Å². The molecule has 14 heteroatoms. The monoisotopic (exact) mass is 627 g/mol. The van der Waals surface area contributed by atoms with E-state index in [0.717, 1.165) is 19.3 Å². The molecule has 0 spiro atoms. The number of aromatic nitrogens is 4. The lowest BCUT2D eigenvalue weighted by Crippen LogP contribution is -2.45. The molecule has 3 fully saturated rings. The van der Waals surface area contributed by atoms with Crippen LogP contribution in [0.25, 0.3) is 11.2 Å². The molecule has 2 aromatic heterocycles. The summed E-state index contributed by atoms with van der Waals surface area (Å²) >= 11 is 7.73. The number of aliphatic hydroxyl groups is 1. The zero-order valence-electron chi connectivity index (χ0n) is 24.4. The number of aliphatic hydroxyl groups excluding tert-OH is 1. The van der Waals surface area contributed by atoms with Gasteiger partial charge in [-0.15, -0.1) is 0 Å². The maximum Gasteiger partial charge on any atom is 0.248 e. The summed E-state index contributed by atoms with van der Waals surface area (Å²) in [6, 6.07) is 0. The fraction of sp³-hybridized carbons (Fsp3) is 0.731. The fourth-order valence-corrected chi connectivity index (χ4v) is 13.9. The SMILES string of the molecule is C=C(C)[C@@H]1CC[C@]2(C)SP(=S)(O[C@H]3[C@@H](O)[C@H](n4cnc5c(N)ncnc54)O[C@@H]3CO[Si](C)(C)C(C)(C)C)O[C@H]2C1. The lowest BCUT2D eigenvalue weighted by molar-refractivity contribution is -0.0485.